The van der Waals surface area contributed by atoms with Gasteiger partial charge >= 0.3 is 6.18 Å². The molecule has 4 rings (SSSR count). The lowest BCUT2D eigenvalue weighted by atomic mass is 10.0. The van der Waals surface area contributed by atoms with Gasteiger partial charge in [0.05, 0.1) is 23.5 Å². The van der Waals surface area contributed by atoms with E-state index in [-0.39, 0.29) is 5.88 Å². The molecular formula is C20H19F3N4O2. The Balaban J connectivity index is 1.68. The average Bonchev–Trinajstić information content (AvgIpc) is 3.04. The quantitative estimate of drug-likeness (QED) is 0.660. The number of aliphatic hydroxyl groups excluding tert-OH is 1. The van der Waals surface area contributed by atoms with Crippen molar-refractivity contribution in [2.45, 2.75) is 6.18 Å². The minimum absolute atomic E-state index is 0.120. The number of nitrogens with one attached hydrogen (secondary N) is 2. The van der Waals surface area contributed by atoms with Crippen LogP contribution in [-0.4, -0.2) is 25.4 Å². The standard InChI is InChI=1S/C20H19F3N4O2/c1-29-11-10-24-16-12-18-19(28)26(14-8-6-13(7-9-14)20(21,22)23)25-27(18)17-5-3-2-4-15(16)17/h2-9,12,24-25,28H,10-11H2,1H3. The van der Waals surface area contributed by atoms with Gasteiger partial charge in [-0.25, -0.2) is 5.01 Å². The van der Waals surface area contributed by atoms with Crippen LogP contribution in [0.4, 0.5) is 24.5 Å². The molecule has 0 aromatic heterocycles. The Morgan fingerprint density at radius 1 is 1.07 bits per heavy atom. The number of hydrogen-bond acceptors (Lipinski definition) is 6. The smallest absolute Gasteiger partial charge is 0.416 e. The second-order valence-corrected chi connectivity index (χ2v) is 6.52. The fourth-order valence-electron chi connectivity index (χ4n) is 3.25. The first-order valence-electron chi connectivity index (χ1n) is 8.91. The number of hydrazine groups is 2. The van der Waals surface area contributed by atoms with E-state index in [2.05, 4.69) is 10.9 Å². The number of rotatable bonds is 5. The summed E-state index contributed by atoms with van der Waals surface area (Å²) >= 11 is 0. The van der Waals surface area contributed by atoms with Crippen LogP contribution in [0.15, 0.2) is 66.2 Å². The SMILES string of the molecule is COCCNC1=CC2=C(O)N(c3ccc(C(F)(F)F)cc3)NN2c2ccccc21. The Kier molecular flexibility index (Phi) is 4.85. The van der Waals surface area contributed by atoms with Crippen molar-refractivity contribution in [1.82, 2.24) is 10.9 Å². The Morgan fingerprint density at radius 2 is 1.79 bits per heavy atom. The van der Waals surface area contributed by atoms with Crippen LogP contribution in [0.5, 0.6) is 0 Å². The predicted molar refractivity (Wildman–Crippen MR) is 103 cm³/mol. The molecule has 0 radical (unpaired) electrons. The molecule has 9 heteroatoms. The minimum Gasteiger partial charge on any atom is -0.492 e. The molecule has 0 fully saturated rings. The van der Waals surface area contributed by atoms with Crippen LogP contribution in [0.25, 0.3) is 5.70 Å². The fraction of sp³-hybridized carbons (Fsp3) is 0.200. The Morgan fingerprint density at radius 3 is 2.48 bits per heavy atom. The molecule has 2 aliphatic heterocycles. The molecule has 0 saturated carbocycles. The Labute approximate surface area is 165 Å². The third kappa shape index (κ3) is 3.50. The molecule has 0 unspecified atom stereocenters. The summed E-state index contributed by atoms with van der Waals surface area (Å²) in [5.74, 6) is -0.120. The maximum absolute atomic E-state index is 12.8. The first-order chi connectivity index (χ1) is 13.9. The molecule has 6 nitrogen and oxygen atoms in total. The van der Waals surface area contributed by atoms with E-state index < -0.39 is 11.7 Å². The van der Waals surface area contributed by atoms with Crippen molar-refractivity contribution in [2.24, 2.45) is 0 Å². The lowest BCUT2D eigenvalue weighted by Gasteiger charge is -2.29. The fourth-order valence-corrected chi connectivity index (χ4v) is 3.25. The van der Waals surface area contributed by atoms with Crippen LogP contribution >= 0.6 is 0 Å². The zero-order chi connectivity index (χ0) is 20.6. The van der Waals surface area contributed by atoms with E-state index in [9.17, 15) is 18.3 Å². The van der Waals surface area contributed by atoms with Crippen molar-refractivity contribution >= 4 is 17.1 Å². The second kappa shape index (κ2) is 7.34. The van der Waals surface area contributed by atoms with E-state index in [0.717, 1.165) is 29.1 Å². The van der Waals surface area contributed by atoms with Gasteiger partial charge in [0, 0.05) is 24.9 Å². The number of aliphatic hydroxyl groups is 1. The minimum atomic E-state index is -4.42. The maximum Gasteiger partial charge on any atom is 0.416 e. The van der Waals surface area contributed by atoms with Gasteiger partial charge in [0.2, 0.25) is 5.88 Å². The first-order valence-corrected chi connectivity index (χ1v) is 8.91. The molecule has 0 amide bonds. The van der Waals surface area contributed by atoms with Gasteiger partial charge in [0.1, 0.15) is 5.70 Å². The van der Waals surface area contributed by atoms with E-state index in [1.54, 1.807) is 18.2 Å². The monoisotopic (exact) mass is 404 g/mol. The highest BCUT2D eigenvalue weighted by Crippen LogP contribution is 2.39. The van der Waals surface area contributed by atoms with Crippen LogP contribution in [0.3, 0.4) is 0 Å². The Bertz CT molecular complexity index is 970. The molecule has 2 aromatic carbocycles. The lowest BCUT2D eigenvalue weighted by Crippen LogP contribution is -2.43. The number of alkyl halides is 3. The molecule has 2 heterocycles. The normalized spacial score (nSPS) is 15.9. The van der Waals surface area contributed by atoms with Gasteiger partial charge in [-0.2, -0.15) is 13.2 Å². The summed E-state index contributed by atoms with van der Waals surface area (Å²) in [5, 5.41) is 17.1. The molecule has 2 aromatic rings. The van der Waals surface area contributed by atoms with E-state index in [1.165, 1.54) is 17.1 Å². The van der Waals surface area contributed by atoms with Gasteiger partial charge in [-0.3, -0.25) is 5.01 Å². The molecule has 2 aliphatic rings. The van der Waals surface area contributed by atoms with E-state index in [1.807, 2.05) is 24.3 Å². The average molecular weight is 404 g/mol. The highest BCUT2D eigenvalue weighted by Gasteiger charge is 2.35. The number of para-hydroxylation sites is 1. The van der Waals surface area contributed by atoms with Crippen LogP contribution in [0.2, 0.25) is 0 Å². The molecule has 29 heavy (non-hydrogen) atoms. The largest absolute Gasteiger partial charge is 0.492 e. The van der Waals surface area contributed by atoms with Crippen molar-refractivity contribution in [3.63, 3.8) is 0 Å². The highest BCUT2D eigenvalue weighted by atomic mass is 19.4. The van der Waals surface area contributed by atoms with Crippen molar-refractivity contribution in [3.05, 3.63) is 77.3 Å². The van der Waals surface area contributed by atoms with Crippen molar-refractivity contribution in [3.8, 4) is 0 Å². The van der Waals surface area contributed by atoms with Crippen LogP contribution in [0, 0.1) is 0 Å². The third-order valence-corrected chi connectivity index (χ3v) is 4.67. The van der Waals surface area contributed by atoms with Crippen molar-refractivity contribution in [1.29, 1.82) is 0 Å². The number of nitrogens with zero attached hydrogens (tertiary/aromatic N) is 2. The summed E-state index contributed by atoms with van der Waals surface area (Å²) in [6.07, 6.45) is -2.64. The summed E-state index contributed by atoms with van der Waals surface area (Å²) in [6.45, 7) is 1.10. The Hall–Kier alpha value is -3.17. The van der Waals surface area contributed by atoms with E-state index in [4.69, 9.17) is 4.74 Å². The number of methoxy groups -OCH3 is 1. The number of ether oxygens (including phenoxy) is 1. The van der Waals surface area contributed by atoms with Gasteiger partial charge in [0.25, 0.3) is 0 Å². The van der Waals surface area contributed by atoms with Gasteiger partial charge in [0.15, 0.2) is 0 Å². The first kappa shape index (κ1) is 19.2. The van der Waals surface area contributed by atoms with E-state index >= 15 is 0 Å². The molecule has 0 spiro atoms. The lowest BCUT2D eigenvalue weighted by molar-refractivity contribution is -0.137. The molecule has 0 bridgehead atoms. The second-order valence-electron chi connectivity index (χ2n) is 6.52. The molecule has 0 saturated heterocycles. The van der Waals surface area contributed by atoms with Crippen molar-refractivity contribution in [2.75, 3.05) is 30.3 Å². The van der Waals surface area contributed by atoms with Crippen LogP contribution < -0.4 is 20.9 Å². The van der Waals surface area contributed by atoms with Gasteiger partial charge < -0.3 is 15.2 Å². The predicted octanol–water partition coefficient (Wildman–Crippen LogP) is 3.77. The van der Waals surface area contributed by atoms with Gasteiger partial charge in [-0.15, -0.1) is 5.53 Å². The molecular weight excluding hydrogens is 385 g/mol. The number of fused-ring (bicyclic) bond motifs is 3. The van der Waals surface area contributed by atoms with Gasteiger partial charge in [-0.1, -0.05) is 18.2 Å². The maximum atomic E-state index is 12.8. The van der Waals surface area contributed by atoms with Crippen molar-refractivity contribution < 1.29 is 23.0 Å². The summed E-state index contributed by atoms with van der Waals surface area (Å²) < 4.78 is 43.6. The zero-order valence-electron chi connectivity index (χ0n) is 15.5. The molecule has 0 aliphatic carbocycles. The van der Waals surface area contributed by atoms with E-state index in [0.29, 0.717) is 24.5 Å². The molecule has 0 atom stereocenters. The van der Waals surface area contributed by atoms with Gasteiger partial charge in [-0.05, 0) is 36.4 Å². The molecule has 3 N–H and O–H groups in total. The van der Waals surface area contributed by atoms with Crippen LogP contribution in [-0.2, 0) is 10.9 Å². The molecule has 152 valence electrons. The zero-order valence-corrected chi connectivity index (χ0v) is 15.5. The summed E-state index contributed by atoms with van der Waals surface area (Å²) in [5.41, 5.74) is 5.65. The topological polar surface area (TPSA) is 60.0 Å². The number of benzene rings is 2. The number of allylic oxidation sites excluding steroid dienone is 1. The number of halogens is 3. The highest BCUT2D eigenvalue weighted by molar-refractivity contribution is 5.84. The number of hydrogen-bond donors (Lipinski definition) is 3. The van der Waals surface area contributed by atoms with Crippen LogP contribution in [0.1, 0.15) is 11.1 Å². The third-order valence-electron chi connectivity index (χ3n) is 4.67. The number of anilines is 2. The summed E-state index contributed by atoms with van der Waals surface area (Å²) in [7, 11) is 1.61. The summed E-state index contributed by atoms with van der Waals surface area (Å²) in [4.78, 5) is 0. The summed E-state index contributed by atoms with van der Waals surface area (Å²) in [6, 6.07) is 12.2.